The fraction of sp³-hybridized carbons (Fsp3) is 0.200. The number of ether oxygens (including phenoxy) is 1. The number of carbonyl (C=O) groups excluding carboxylic acids is 2. The fourth-order valence-corrected chi connectivity index (χ4v) is 2.94. The summed E-state index contributed by atoms with van der Waals surface area (Å²) in [5, 5.41) is 13.5. The van der Waals surface area contributed by atoms with Crippen molar-refractivity contribution >= 4 is 29.3 Å². The standard InChI is InChI=1S/C20H19N3O5/c1-28-18-9-7-16(8-10-18)22-13-15(12-20(22)25)21-19(24)11-4-14-2-5-17(6-3-14)23(26)27/h2-11,15H,12-13H2,1H3,(H,21,24). The van der Waals surface area contributed by atoms with Gasteiger partial charge < -0.3 is 15.0 Å². The third-order valence-corrected chi connectivity index (χ3v) is 4.39. The number of amides is 2. The Morgan fingerprint density at radius 1 is 1.21 bits per heavy atom. The predicted octanol–water partition coefficient (Wildman–Crippen LogP) is 2.54. The molecule has 0 aromatic heterocycles. The molecule has 0 saturated carbocycles. The third kappa shape index (κ3) is 4.53. The number of nitrogens with zero attached hydrogens (tertiary/aromatic N) is 2. The van der Waals surface area contributed by atoms with Crippen molar-refractivity contribution in [3.8, 4) is 5.75 Å². The van der Waals surface area contributed by atoms with E-state index in [1.54, 1.807) is 54.5 Å². The Hall–Kier alpha value is -3.68. The summed E-state index contributed by atoms with van der Waals surface area (Å²) in [6.07, 6.45) is 3.14. The van der Waals surface area contributed by atoms with Gasteiger partial charge in [0.15, 0.2) is 0 Å². The molecule has 2 aromatic carbocycles. The first-order chi connectivity index (χ1) is 13.5. The first-order valence-corrected chi connectivity index (χ1v) is 8.63. The number of nitro groups is 1. The molecule has 1 N–H and O–H groups in total. The van der Waals surface area contributed by atoms with Gasteiger partial charge in [0, 0.05) is 36.9 Å². The van der Waals surface area contributed by atoms with Crippen molar-refractivity contribution in [1.29, 1.82) is 0 Å². The molecule has 144 valence electrons. The van der Waals surface area contributed by atoms with E-state index in [-0.39, 0.29) is 30.0 Å². The van der Waals surface area contributed by atoms with E-state index in [0.29, 0.717) is 17.9 Å². The molecule has 1 heterocycles. The summed E-state index contributed by atoms with van der Waals surface area (Å²) in [6, 6.07) is 12.7. The highest BCUT2D eigenvalue weighted by Crippen LogP contribution is 2.24. The van der Waals surface area contributed by atoms with Gasteiger partial charge in [0.05, 0.1) is 18.1 Å². The Bertz CT molecular complexity index is 906. The second-order valence-corrected chi connectivity index (χ2v) is 6.29. The summed E-state index contributed by atoms with van der Waals surface area (Å²) in [6.45, 7) is 0.391. The molecule has 1 fully saturated rings. The molecule has 2 amide bonds. The fourth-order valence-electron chi connectivity index (χ4n) is 2.94. The molecule has 0 aliphatic carbocycles. The van der Waals surface area contributed by atoms with Gasteiger partial charge in [-0.1, -0.05) is 0 Å². The van der Waals surface area contributed by atoms with Gasteiger partial charge in [-0.25, -0.2) is 0 Å². The Balaban J connectivity index is 1.57. The molecule has 0 spiro atoms. The first-order valence-electron chi connectivity index (χ1n) is 8.63. The number of hydrogen-bond acceptors (Lipinski definition) is 5. The Morgan fingerprint density at radius 2 is 1.89 bits per heavy atom. The van der Waals surface area contributed by atoms with Gasteiger partial charge in [-0.2, -0.15) is 0 Å². The van der Waals surface area contributed by atoms with E-state index < -0.39 is 4.92 Å². The van der Waals surface area contributed by atoms with Crippen LogP contribution < -0.4 is 15.0 Å². The topological polar surface area (TPSA) is 102 Å². The number of nitrogens with one attached hydrogen (secondary N) is 1. The number of carbonyl (C=O) groups is 2. The third-order valence-electron chi connectivity index (χ3n) is 4.39. The van der Waals surface area contributed by atoms with Gasteiger partial charge in [-0.3, -0.25) is 19.7 Å². The van der Waals surface area contributed by atoms with Crippen molar-refractivity contribution in [3.63, 3.8) is 0 Å². The molecule has 1 atom stereocenters. The van der Waals surface area contributed by atoms with Crippen LogP contribution in [0.4, 0.5) is 11.4 Å². The van der Waals surface area contributed by atoms with Crippen molar-refractivity contribution in [3.05, 3.63) is 70.3 Å². The summed E-state index contributed by atoms with van der Waals surface area (Å²) in [5.41, 5.74) is 1.41. The summed E-state index contributed by atoms with van der Waals surface area (Å²) < 4.78 is 5.11. The van der Waals surface area contributed by atoms with Crippen molar-refractivity contribution in [2.24, 2.45) is 0 Å². The second-order valence-electron chi connectivity index (χ2n) is 6.29. The Kier molecular flexibility index (Phi) is 5.69. The van der Waals surface area contributed by atoms with Crippen molar-refractivity contribution in [1.82, 2.24) is 5.32 Å². The Labute approximate surface area is 161 Å². The van der Waals surface area contributed by atoms with Crippen LogP contribution in [0.15, 0.2) is 54.6 Å². The maximum atomic E-state index is 12.3. The Morgan fingerprint density at radius 3 is 2.50 bits per heavy atom. The smallest absolute Gasteiger partial charge is 0.269 e. The molecule has 2 aromatic rings. The molecular weight excluding hydrogens is 362 g/mol. The van der Waals surface area contributed by atoms with Gasteiger partial charge in [-0.05, 0) is 48.0 Å². The highest BCUT2D eigenvalue weighted by molar-refractivity contribution is 5.98. The normalized spacial score (nSPS) is 16.4. The van der Waals surface area contributed by atoms with E-state index in [4.69, 9.17) is 4.74 Å². The van der Waals surface area contributed by atoms with Crippen LogP contribution in [0.5, 0.6) is 5.75 Å². The van der Waals surface area contributed by atoms with E-state index in [1.165, 1.54) is 18.2 Å². The largest absolute Gasteiger partial charge is 0.497 e. The summed E-state index contributed by atoms with van der Waals surface area (Å²) in [4.78, 5) is 36.2. The van der Waals surface area contributed by atoms with E-state index in [2.05, 4.69) is 5.32 Å². The van der Waals surface area contributed by atoms with Gasteiger partial charge in [0.2, 0.25) is 11.8 Å². The van der Waals surface area contributed by atoms with Crippen LogP contribution in [-0.2, 0) is 9.59 Å². The van der Waals surface area contributed by atoms with Crippen molar-refractivity contribution in [2.45, 2.75) is 12.5 Å². The van der Waals surface area contributed by atoms with E-state index in [9.17, 15) is 19.7 Å². The molecule has 1 aliphatic rings. The molecule has 0 bridgehead atoms. The maximum Gasteiger partial charge on any atom is 0.269 e. The van der Waals surface area contributed by atoms with Crippen LogP contribution in [0.1, 0.15) is 12.0 Å². The maximum absolute atomic E-state index is 12.3. The zero-order valence-corrected chi connectivity index (χ0v) is 15.2. The first kappa shape index (κ1) is 19.1. The zero-order valence-electron chi connectivity index (χ0n) is 15.2. The van der Waals surface area contributed by atoms with Gasteiger partial charge >= 0.3 is 0 Å². The quantitative estimate of drug-likeness (QED) is 0.471. The number of benzene rings is 2. The predicted molar refractivity (Wildman–Crippen MR) is 104 cm³/mol. The van der Waals surface area contributed by atoms with Crippen LogP contribution in [-0.4, -0.2) is 36.4 Å². The zero-order chi connectivity index (χ0) is 20.1. The molecular formula is C20H19N3O5. The van der Waals surface area contributed by atoms with Crippen LogP contribution in [0.2, 0.25) is 0 Å². The molecule has 3 rings (SSSR count). The van der Waals surface area contributed by atoms with Crippen molar-refractivity contribution in [2.75, 3.05) is 18.6 Å². The molecule has 1 saturated heterocycles. The summed E-state index contributed by atoms with van der Waals surface area (Å²) >= 11 is 0. The minimum absolute atomic E-state index is 0.00954. The van der Waals surface area contributed by atoms with Crippen LogP contribution >= 0.6 is 0 Å². The number of methoxy groups -OCH3 is 1. The highest BCUT2D eigenvalue weighted by Gasteiger charge is 2.31. The van der Waals surface area contributed by atoms with Crippen LogP contribution in [0, 0.1) is 10.1 Å². The SMILES string of the molecule is COc1ccc(N2CC(NC(=O)C=Cc3ccc([N+](=O)[O-])cc3)CC2=O)cc1. The van der Waals surface area contributed by atoms with Crippen molar-refractivity contribution < 1.29 is 19.2 Å². The number of non-ortho nitro benzene ring substituents is 1. The molecule has 0 radical (unpaired) electrons. The van der Waals surface area contributed by atoms with Gasteiger partial charge in [-0.15, -0.1) is 0 Å². The van der Waals surface area contributed by atoms with Gasteiger partial charge in [0.1, 0.15) is 5.75 Å². The lowest BCUT2D eigenvalue weighted by Gasteiger charge is -2.17. The lowest BCUT2D eigenvalue weighted by atomic mass is 10.2. The average Bonchev–Trinajstić information content (AvgIpc) is 3.06. The number of hydrogen-bond donors (Lipinski definition) is 1. The lowest BCUT2D eigenvalue weighted by molar-refractivity contribution is -0.384. The summed E-state index contributed by atoms with van der Waals surface area (Å²) in [5.74, 6) is 0.319. The highest BCUT2D eigenvalue weighted by atomic mass is 16.6. The molecule has 8 heteroatoms. The number of nitro benzene ring substituents is 1. The molecule has 1 aliphatic heterocycles. The molecule has 1 unspecified atom stereocenters. The molecule has 8 nitrogen and oxygen atoms in total. The lowest BCUT2D eigenvalue weighted by Crippen LogP contribution is -2.36. The number of anilines is 1. The second kappa shape index (κ2) is 8.34. The van der Waals surface area contributed by atoms with E-state index in [1.807, 2.05) is 0 Å². The van der Waals surface area contributed by atoms with Crippen LogP contribution in [0.25, 0.3) is 6.08 Å². The molecule has 28 heavy (non-hydrogen) atoms. The monoisotopic (exact) mass is 381 g/mol. The minimum atomic E-state index is -0.480. The van der Waals surface area contributed by atoms with E-state index >= 15 is 0 Å². The van der Waals surface area contributed by atoms with Gasteiger partial charge in [0.25, 0.3) is 5.69 Å². The average molecular weight is 381 g/mol. The van der Waals surface area contributed by atoms with E-state index in [0.717, 1.165) is 5.69 Å². The number of rotatable bonds is 6. The minimum Gasteiger partial charge on any atom is -0.497 e. The summed E-state index contributed by atoms with van der Waals surface area (Å²) in [7, 11) is 1.58. The van der Waals surface area contributed by atoms with Crippen LogP contribution in [0.3, 0.4) is 0 Å².